The zero-order chi connectivity index (χ0) is 24.2. The lowest BCUT2D eigenvalue weighted by atomic mass is 9.95. The normalized spacial score (nSPS) is 16.2. The van der Waals surface area contributed by atoms with E-state index in [2.05, 4.69) is 16.9 Å². The number of likely N-dealkylation sites (N-methyl/N-ethyl adjacent to an activating group) is 1. The number of nitrogens with zero attached hydrogens (tertiary/aromatic N) is 2. The number of ether oxygens (including phenoxy) is 1. The van der Waals surface area contributed by atoms with E-state index in [1.807, 2.05) is 0 Å². The van der Waals surface area contributed by atoms with Gasteiger partial charge in [-0.25, -0.2) is 12.8 Å². The highest BCUT2D eigenvalue weighted by molar-refractivity contribution is 7.88. The number of sulfonamides is 1. The van der Waals surface area contributed by atoms with Gasteiger partial charge in [0.25, 0.3) is 5.91 Å². The first-order chi connectivity index (χ1) is 15.7. The first-order valence-corrected chi connectivity index (χ1v) is 12.5. The van der Waals surface area contributed by atoms with E-state index in [-0.39, 0.29) is 29.9 Å². The van der Waals surface area contributed by atoms with Crippen LogP contribution in [-0.2, 0) is 19.6 Å². The van der Waals surface area contributed by atoms with Crippen LogP contribution in [0.1, 0.15) is 38.2 Å². The number of benzene rings is 1. The molecule has 33 heavy (non-hydrogen) atoms. The lowest BCUT2D eigenvalue weighted by molar-refractivity contribution is -0.116. The third-order valence-electron chi connectivity index (χ3n) is 5.32. The van der Waals surface area contributed by atoms with Crippen molar-refractivity contribution in [3.05, 3.63) is 76.9 Å². The van der Waals surface area contributed by atoms with Gasteiger partial charge in [0.15, 0.2) is 5.90 Å². The first-order valence-electron chi connectivity index (χ1n) is 10.6. The number of unbranched alkanes of at least 4 members (excludes halogenated alkanes) is 1. The Morgan fingerprint density at radius 1 is 1.30 bits per heavy atom. The summed E-state index contributed by atoms with van der Waals surface area (Å²) in [6, 6.07) is 5.65. The van der Waals surface area contributed by atoms with Crippen LogP contribution in [0.25, 0.3) is 5.76 Å². The molecule has 0 saturated heterocycles. The van der Waals surface area contributed by atoms with Gasteiger partial charge < -0.3 is 10.1 Å². The Labute approximate surface area is 194 Å². The number of hydrogen-bond donors (Lipinski definition) is 1. The molecular formula is C24H28FN3O4S. The highest BCUT2D eigenvalue weighted by Crippen LogP contribution is 2.36. The fourth-order valence-electron chi connectivity index (χ4n) is 3.73. The maximum absolute atomic E-state index is 13.5. The third-order valence-corrected chi connectivity index (χ3v) is 6.47. The average molecular weight is 474 g/mol. The Hall–Kier alpha value is -3.20. The molecule has 0 radical (unpaired) electrons. The van der Waals surface area contributed by atoms with Gasteiger partial charge in [-0.15, -0.1) is 6.58 Å². The number of amides is 1. The van der Waals surface area contributed by atoms with E-state index >= 15 is 0 Å². The molecule has 1 amide bonds. The maximum atomic E-state index is 13.5. The predicted molar refractivity (Wildman–Crippen MR) is 127 cm³/mol. The zero-order valence-electron chi connectivity index (χ0n) is 19.0. The molecule has 2 aliphatic heterocycles. The van der Waals surface area contributed by atoms with Crippen molar-refractivity contribution in [3.63, 3.8) is 0 Å². The van der Waals surface area contributed by atoms with E-state index in [4.69, 9.17) is 4.74 Å². The van der Waals surface area contributed by atoms with Gasteiger partial charge in [0.05, 0.1) is 11.8 Å². The number of carbonyl (C=O) groups excluding carboxylic acids is 1. The number of halogens is 1. The van der Waals surface area contributed by atoms with Crippen molar-refractivity contribution in [2.24, 2.45) is 4.99 Å². The van der Waals surface area contributed by atoms with Crippen LogP contribution in [0.5, 0.6) is 0 Å². The van der Waals surface area contributed by atoms with Crippen LogP contribution >= 0.6 is 0 Å². The van der Waals surface area contributed by atoms with Gasteiger partial charge in [0, 0.05) is 25.6 Å². The van der Waals surface area contributed by atoms with E-state index in [0.29, 0.717) is 48.0 Å². The molecular weight excluding hydrogens is 445 g/mol. The van der Waals surface area contributed by atoms with Crippen LogP contribution in [0.4, 0.5) is 4.39 Å². The monoisotopic (exact) mass is 473 g/mol. The number of carbonyl (C=O) groups is 1. The summed E-state index contributed by atoms with van der Waals surface area (Å²) in [5.41, 5.74) is 2.11. The summed E-state index contributed by atoms with van der Waals surface area (Å²) in [6.07, 6.45) is 6.74. The molecule has 0 unspecified atom stereocenters. The molecule has 1 aromatic carbocycles. The second-order valence-corrected chi connectivity index (χ2v) is 9.75. The van der Waals surface area contributed by atoms with Crippen molar-refractivity contribution in [1.29, 1.82) is 0 Å². The smallest absolute Gasteiger partial charge is 0.255 e. The molecule has 0 saturated carbocycles. The molecule has 2 heterocycles. The van der Waals surface area contributed by atoms with Crippen LogP contribution in [-0.4, -0.2) is 44.4 Å². The summed E-state index contributed by atoms with van der Waals surface area (Å²) in [4.78, 5) is 17.5. The Balaban J connectivity index is 2.20. The lowest BCUT2D eigenvalue weighted by Gasteiger charge is -2.25. The van der Waals surface area contributed by atoms with E-state index in [9.17, 15) is 17.6 Å². The van der Waals surface area contributed by atoms with Crippen LogP contribution in [0.15, 0.2) is 70.5 Å². The van der Waals surface area contributed by atoms with Gasteiger partial charge in [-0.3, -0.25) is 9.10 Å². The van der Waals surface area contributed by atoms with Crippen molar-refractivity contribution in [2.75, 3.05) is 19.8 Å². The standard InChI is InChI=1S/C24H28FN3O4S/c1-5-6-7-14-28(33(4,30)31)23-16(2)15-18-10-13-20(27-23)32-22(21(18)24(29)26-3)17-8-11-19(25)12-9-17/h5,8-9,11-12,15H,1,6-7,10,13-14H2,2-4H3,(H,26,29). The van der Waals surface area contributed by atoms with Gasteiger partial charge in [-0.2, -0.15) is 4.99 Å². The number of aliphatic imine (C=N–C) groups is 1. The van der Waals surface area contributed by atoms with Crippen molar-refractivity contribution in [3.8, 4) is 0 Å². The summed E-state index contributed by atoms with van der Waals surface area (Å²) in [6.45, 7) is 5.69. The van der Waals surface area contributed by atoms with Crippen LogP contribution in [0.3, 0.4) is 0 Å². The first kappa shape index (κ1) is 24.4. The predicted octanol–water partition coefficient (Wildman–Crippen LogP) is 3.89. The minimum Gasteiger partial charge on any atom is -0.441 e. The van der Waals surface area contributed by atoms with Crippen LogP contribution in [0, 0.1) is 5.82 Å². The summed E-state index contributed by atoms with van der Waals surface area (Å²) in [5, 5.41) is 2.64. The Kier molecular flexibility index (Phi) is 7.53. The zero-order valence-corrected chi connectivity index (χ0v) is 19.8. The molecule has 7 nitrogen and oxygen atoms in total. The van der Waals surface area contributed by atoms with Crippen molar-refractivity contribution >= 4 is 27.6 Å². The molecule has 1 N–H and O–H groups in total. The number of hydrogen-bond acceptors (Lipinski definition) is 5. The second kappa shape index (κ2) is 10.2. The van der Waals surface area contributed by atoms with Gasteiger partial charge in [0.2, 0.25) is 10.0 Å². The van der Waals surface area contributed by atoms with Gasteiger partial charge in [-0.1, -0.05) is 12.2 Å². The highest BCUT2D eigenvalue weighted by atomic mass is 32.2. The summed E-state index contributed by atoms with van der Waals surface area (Å²) in [5.74, 6) is 0.0231. The Morgan fingerprint density at radius 3 is 2.61 bits per heavy atom. The minimum atomic E-state index is -3.63. The number of fused-ring (bicyclic) bond motifs is 3. The molecule has 0 aliphatic carbocycles. The minimum absolute atomic E-state index is 0.234. The van der Waals surface area contributed by atoms with Gasteiger partial charge >= 0.3 is 0 Å². The fourth-order valence-corrected chi connectivity index (χ4v) is 4.69. The largest absolute Gasteiger partial charge is 0.441 e. The van der Waals surface area contributed by atoms with E-state index in [0.717, 1.165) is 6.26 Å². The number of nitrogens with one attached hydrogen (secondary N) is 1. The fraction of sp³-hybridized carbons (Fsp3) is 0.333. The number of rotatable bonds is 8. The van der Waals surface area contributed by atoms with Crippen LogP contribution in [0.2, 0.25) is 0 Å². The molecule has 176 valence electrons. The molecule has 0 fully saturated rings. The molecule has 0 atom stereocenters. The van der Waals surface area contributed by atoms with Gasteiger partial charge in [-0.05, 0) is 61.6 Å². The highest BCUT2D eigenvalue weighted by Gasteiger charge is 2.30. The van der Waals surface area contributed by atoms with Gasteiger partial charge in [0.1, 0.15) is 17.4 Å². The average Bonchev–Trinajstić information content (AvgIpc) is 2.90. The molecule has 0 aromatic heterocycles. The SMILES string of the molecule is C=CCCCN(C1=C(C)C=C2CCC(=N1)OC(c1ccc(F)cc1)=C2C(=O)NC)S(C)(=O)=O. The molecule has 3 rings (SSSR count). The van der Waals surface area contributed by atoms with Crippen molar-refractivity contribution in [2.45, 2.75) is 32.6 Å². The summed E-state index contributed by atoms with van der Waals surface area (Å²) in [7, 11) is -2.10. The van der Waals surface area contributed by atoms with Crippen LogP contribution < -0.4 is 5.32 Å². The third kappa shape index (κ3) is 5.60. The summed E-state index contributed by atoms with van der Waals surface area (Å²) >= 11 is 0. The molecule has 2 aliphatic rings. The quantitative estimate of drug-likeness (QED) is 0.458. The Bertz CT molecular complexity index is 1180. The topological polar surface area (TPSA) is 88.1 Å². The van der Waals surface area contributed by atoms with E-state index < -0.39 is 15.8 Å². The maximum Gasteiger partial charge on any atom is 0.255 e. The second-order valence-electron chi connectivity index (χ2n) is 7.84. The van der Waals surface area contributed by atoms with E-state index in [1.54, 1.807) is 19.1 Å². The molecule has 0 spiro atoms. The molecule has 2 bridgehead atoms. The van der Waals surface area contributed by atoms with E-state index in [1.165, 1.54) is 35.6 Å². The van der Waals surface area contributed by atoms with Crippen molar-refractivity contribution < 1.29 is 22.3 Å². The van der Waals surface area contributed by atoms with Crippen molar-refractivity contribution in [1.82, 2.24) is 9.62 Å². The summed E-state index contributed by atoms with van der Waals surface area (Å²) < 4.78 is 46.2. The number of allylic oxidation sites excluding steroid dienone is 3. The Morgan fingerprint density at radius 2 is 2.00 bits per heavy atom. The molecule has 1 aromatic rings. The lowest BCUT2D eigenvalue weighted by Crippen LogP contribution is -2.31. The molecule has 9 heteroatoms.